The minimum atomic E-state index is -2.51. The van der Waals surface area contributed by atoms with Crippen LogP contribution in [-0.4, -0.2) is 44.4 Å². The van der Waals surface area contributed by atoms with Crippen molar-refractivity contribution in [1.82, 2.24) is 24.8 Å². The van der Waals surface area contributed by atoms with E-state index in [0.717, 1.165) is 22.4 Å². The number of H-pyrrole nitrogens is 1. The fraction of sp³-hybridized carbons (Fsp3) is 0.381. The van der Waals surface area contributed by atoms with E-state index in [2.05, 4.69) is 24.8 Å². The Morgan fingerprint density at radius 1 is 1.27 bits per heavy atom. The molecule has 0 spiro atoms. The van der Waals surface area contributed by atoms with Gasteiger partial charge in [-0.2, -0.15) is 5.10 Å². The molecular formula is C21H21F2N5OS. The Bertz CT molecular complexity index is 1070. The molecule has 3 heterocycles. The maximum atomic E-state index is 13.9. The van der Waals surface area contributed by atoms with Crippen LogP contribution in [0.5, 0.6) is 0 Å². The Morgan fingerprint density at radius 3 is 2.90 bits per heavy atom. The number of hydrogen-bond acceptors (Lipinski definition) is 5. The van der Waals surface area contributed by atoms with Gasteiger partial charge in [-0.25, -0.2) is 18.1 Å². The lowest BCUT2D eigenvalue weighted by molar-refractivity contribution is -0.0375. The number of nitrogens with zero attached hydrogens (tertiary/aromatic N) is 3. The van der Waals surface area contributed by atoms with Crippen LogP contribution in [0.3, 0.4) is 0 Å². The highest BCUT2D eigenvalue weighted by Gasteiger charge is 2.53. The highest BCUT2D eigenvalue weighted by Crippen LogP contribution is 2.50. The van der Waals surface area contributed by atoms with Gasteiger partial charge in [0.05, 0.1) is 11.8 Å². The Kier molecular flexibility index (Phi) is 4.94. The van der Waals surface area contributed by atoms with E-state index >= 15 is 0 Å². The van der Waals surface area contributed by atoms with Gasteiger partial charge in [0.1, 0.15) is 0 Å². The van der Waals surface area contributed by atoms with Crippen LogP contribution in [0, 0.1) is 11.8 Å². The molecule has 2 N–H and O–H groups in total. The van der Waals surface area contributed by atoms with Crippen LogP contribution in [-0.2, 0) is 6.54 Å². The van der Waals surface area contributed by atoms with Gasteiger partial charge in [-0.3, -0.25) is 9.89 Å². The number of benzene rings is 1. The highest BCUT2D eigenvalue weighted by molar-refractivity contribution is 7.97. The minimum absolute atomic E-state index is 0.0350. The number of aromatic nitrogens is 3. The first-order valence-corrected chi connectivity index (χ1v) is 10.7. The minimum Gasteiger partial charge on any atom is -0.348 e. The van der Waals surface area contributed by atoms with Crippen LogP contribution in [0.25, 0.3) is 11.0 Å². The predicted octanol–water partition coefficient (Wildman–Crippen LogP) is 3.87. The lowest BCUT2D eigenvalue weighted by Crippen LogP contribution is -2.26. The molecule has 30 heavy (non-hydrogen) atoms. The lowest BCUT2D eigenvalue weighted by Gasteiger charge is -2.19. The second kappa shape index (κ2) is 7.63. The summed E-state index contributed by atoms with van der Waals surface area (Å²) >= 11 is 1.54. The molecule has 9 heteroatoms. The van der Waals surface area contributed by atoms with Gasteiger partial charge in [-0.15, -0.1) is 0 Å². The number of fused-ring (bicyclic) bond motifs is 2. The second-order valence-corrected chi connectivity index (χ2v) is 9.13. The van der Waals surface area contributed by atoms with Crippen molar-refractivity contribution in [3.05, 3.63) is 53.9 Å². The van der Waals surface area contributed by atoms with Gasteiger partial charge in [0, 0.05) is 48.5 Å². The summed E-state index contributed by atoms with van der Waals surface area (Å²) in [7, 11) is 0. The van der Waals surface area contributed by atoms with Gasteiger partial charge in [0.25, 0.3) is 11.8 Å². The summed E-state index contributed by atoms with van der Waals surface area (Å²) < 4.78 is 29.9. The topological polar surface area (TPSA) is 73.9 Å². The monoisotopic (exact) mass is 429 g/mol. The molecule has 2 atom stereocenters. The number of carbonyl (C=O) groups excluding carboxylic acids is 1. The largest absolute Gasteiger partial charge is 0.348 e. The number of halogens is 2. The number of rotatable bonds is 5. The summed E-state index contributed by atoms with van der Waals surface area (Å²) in [6.45, 7) is 1.56. The van der Waals surface area contributed by atoms with E-state index in [0.29, 0.717) is 30.7 Å². The van der Waals surface area contributed by atoms with Crippen molar-refractivity contribution in [3.63, 3.8) is 0 Å². The normalized spacial score (nSPS) is 23.0. The average Bonchev–Trinajstić information content (AvgIpc) is 3.43. The Morgan fingerprint density at radius 2 is 2.10 bits per heavy atom. The number of aromatic amines is 1. The summed E-state index contributed by atoms with van der Waals surface area (Å²) in [4.78, 5) is 17.6. The molecule has 0 bridgehead atoms. The van der Waals surface area contributed by atoms with Crippen molar-refractivity contribution in [3.8, 4) is 0 Å². The molecule has 1 aliphatic carbocycles. The van der Waals surface area contributed by atoms with Gasteiger partial charge in [0.2, 0.25) is 0 Å². The third kappa shape index (κ3) is 3.79. The van der Waals surface area contributed by atoms with Crippen molar-refractivity contribution in [2.24, 2.45) is 11.8 Å². The van der Waals surface area contributed by atoms with E-state index in [4.69, 9.17) is 0 Å². The third-order valence-corrected chi connectivity index (χ3v) is 7.00. The van der Waals surface area contributed by atoms with Gasteiger partial charge < -0.3 is 5.32 Å². The average molecular weight is 429 g/mol. The zero-order valence-corrected chi connectivity index (χ0v) is 17.0. The lowest BCUT2D eigenvalue weighted by atomic mass is 9.99. The Hall–Kier alpha value is -2.52. The third-order valence-electron chi connectivity index (χ3n) is 5.96. The van der Waals surface area contributed by atoms with Crippen LogP contribution in [0.4, 0.5) is 8.78 Å². The number of nitrogens with one attached hydrogen (secondary N) is 2. The van der Waals surface area contributed by atoms with E-state index in [-0.39, 0.29) is 18.2 Å². The summed E-state index contributed by atoms with van der Waals surface area (Å²) in [5.74, 6) is -3.11. The van der Waals surface area contributed by atoms with Crippen molar-refractivity contribution in [1.29, 1.82) is 0 Å². The van der Waals surface area contributed by atoms with Crippen molar-refractivity contribution in [2.45, 2.75) is 30.2 Å². The van der Waals surface area contributed by atoms with Crippen LogP contribution in [0.2, 0.25) is 0 Å². The maximum Gasteiger partial charge on any atom is 0.253 e. The number of pyridine rings is 1. The van der Waals surface area contributed by atoms with Gasteiger partial charge in [-0.1, -0.05) is 12.1 Å². The first-order chi connectivity index (χ1) is 14.5. The molecular weight excluding hydrogens is 408 g/mol. The molecule has 0 radical (unpaired) electrons. The predicted molar refractivity (Wildman–Crippen MR) is 110 cm³/mol. The van der Waals surface area contributed by atoms with Crippen molar-refractivity contribution in [2.75, 3.05) is 13.1 Å². The van der Waals surface area contributed by atoms with Crippen LogP contribution >= 0.6 is 11.9 Å². The summed E-state index contributed by atoms with van der Waals surface area (Å²) in [6.07, 6.45) is 3.80. The summed E-state index contributed by atoms with van der Waals surface area (Å²) in [5.41, 5.74) is 2.09. The summed E-state index contributed by atoms with van der Waals surface area (Å²) in [5, 5.41) is 10.3. The summed E-state index contributed by atoms with van der Waals surface area (Å²) in [6, 6.07) is 9.59. The van der Waals surface area contributed by atoms with Crippen molar-refractivity contribution >= 4 is 28.9 Å². The van der Waals surface area contributed by atoms with Crippen LogP contribution in [0.15, 0.2) is 47.6 Å². The number of carbonyl (C=O) groups is 1. The molecule has 5 rings (SSSR count). The Balaban J connectivity index is 1.15. The first kappa shape index (κ1) is 19.4. The molecule has 2 aromatic heterocycles. The molecule has 156 valence electrons. The standard InChI is InChI=1S/C21H21F2N5OS/c22-21(23)6-5-14-11-28(12-18(14)21)30-17-3-1-13(2-4-17)8-25-20(29)16-7-15-10-26-27-19(15)24-9-16/h1-4,7,9-10,14,18H,5-6,8,11-12H2,(H,25,29)(H,24,26,27). The van der Waals surface area contributed by atoms with Crippen LogP contribution in [0.1, 0.15) is 28.8 Å². The molecule has 1 aromatic carbocycles. The van der Waals surface area contributed by atoms with E-state index in [9.17, 15) is 13.6 Å². The highest BCUT2D eigenvalue weighted by atomic mass is 32.2. The van der Waals surface area contributed by atoms with E-state index in [1.54, 1.807) is 12.3 Å². The molecule has 6 nitrogen and oxygen atoms in total. The maximum absolute atomic E-state index is 13.9. The molecule has 1 saturated carbocycles. The second-order valence-electron chi connectivity index (χ2n) is 7.96. The zero-order chi connectivity index (χ0) is 20.7. The number of amides is 1. The number of hydrogen-bond donors (Lipinski definition) is 2. The fourth-order valence-corrected chi connectivity index (χ4v) is 5.36. The first-order valence-electron chi connectivity index (χ1n) is 9.95. The molecule has 2 fully saturated rings. The molecule has 3 aromatic rings. The Labute approximate surface area is 176 Å². The van der Waals surface area contributed by atoms with Crippen molar-refractivity contribution < 1.29 is 13.6 Å². The van der Waals surface area contributed by atoms with E-state index in [1.807, 2.05) is 24.3 Å². The van der Waals surface area contributed by atoms with Crippen LogP contribution < -0.4 is 5.32 Å². The molecule has 1 aliphatic heterocycles. The van der Waals surface area contributed by atoms with Gasteiger partial charge >= 0.3 is 0 Å². The number of alkyl halides is 2. The molecule has 2 unspecified atom stereocenters. The van der Waals surface area contributed by atoms with Gasteiger partial charge in [0.15, 0.2) is 5.65 Å². The zero-order valence-electron chi connectivity index (χ0n) is 16.1. The van der Waals surface area contributed by atoms with Gasteiger partial charge in [-0.05, 0) is 48.0 Å². The molecule has 1 amide bonds. The SMILES string of the molecule is O=C(NCc1ccc(SN2CC3CCC(F)(F)C3C2)cc1)c1cnc2[nH]ncc2c1. The molecule has 1 saturated heterocycles. The molecule has 2 aliphatic rings. The smallest absolute Gasteiger partial charge is 0.253 e. The quantitative estimate of drug-likeness (QED) is 0.603. The van der Waals surface area contributed by atoms with E-state index < -0.39 is 11.8 Å². The fourth-order valence-electron chi connectivity index (χ4n) is 4.30. The van der Waals surface area contributed by atoms with E-state index in [1.165, 1.54) is 18.1 Å².